The van der Waals surface area contributed by atoms with Crippen LogP contribution in [0.15, 0.2) is 48.5 Å². The van der Waals surface area contributed by atoms with Crippen LogP contribution in [0.3, 0.4) is 0 Å². The SMILES string of the molecule is COCCNC(=O)c1ccc(OC)cc1OC1CCN(C/C=C/c2ccc(F)cc2)CC1. The Morgan fingerprint density at radius 1 is 1.16 bits per heavy atom. The standard InChI is InChI=1S/C25H31FN2O4/c1-30-17-13-27-25(29)23-10-9-22(31-2)18-24(23)32-21-11-15-28(16-12-21)14-3-4-19-5-7-20(26)8-6-19/h3-10,18,21H,11-17H2,1-2H3,(H,27,29)/b4-3+. The van der Waals surface area contributed by atoms with Gasteiger partial charge in [0.15, 0.2) is 0 Å². The van der Waals surface area contributed by atoms with Crippen LogP contribution in [0.4, 0.5) is 4.39 Å². The van der Waals surface area contributed by atoms with Crippen molar-refractivity contribution < 1.29 is 23.4 Å². The smallest absolute Gasteiger partial charge is 0.255 e. The van der Waals surface area contributed by atoms with Crippen LogP contribution in [-0.2, 0) is 4.74 Å². The first-order valence-corrected chi connectivity index (χ1v) is 10.9. The summed E-state index contributed by atoms with van der Waals surface area (Å²) in [5.41, 5.74) is 1.48. The van der Waals surface area contributed by atoms with E-state index in [0.29, 0.717) is 30.2 Å². The maximum Gasteiger partial charge on any atom is 0.255 e. The largest absolute Gasteiger partial charge is 0.497 e. The van der Waals surface area contributed by atoms with E-state index in [1.807, 2.05) is 6.08 Å². The number of halogens is 1. The fourth-order valence-corrected chi connectivity index (χ4v) is 3.58. The number of hydrogen-bond donors (Lipinski definition) is 1. The molecule has 2 aromatic carbocycles. The number of hydrogen-bond acceptors (Lipinski definition) is 5. The van der Waals surface area contributed by atoms with E-state index in [2.05, 4.69) is 16.3 Å². The Bertz CT molecular complexity index is 893. The zero-order valence-corrected chi connectivity index (χ0v) is 18.7. The van der Waals surface area contributed by atoms with Gasteiger partial charge >= 0.3 is 0 Å². The van der Waals surface area contributed by atoms with Gasteiger partial charge in [-0.05, 0) is 42.7 Å². The van der Waals surface area contributed by atoms with Crippen molar-refractivity contribution in [1.29, 1.82) is 0 Å². The molecule has 0 spiro atoms. The first-order chi connectivity index (χ1) is 15.6. The minimum atomic E-state index is -0.226. The van der Waals surface area contributed by atoms with E-state index in [-0.39, 0.29) is 17.8 Å². The van der Waals surface area contributed by atoms with Gasteiger partial charge in [0.2, 0.25) is 0 Å². The fourth-order valence-electron chi connectivity index (χ4n) is 3.58. The number of piperidine rings is 1. The number of likely N-dealkylation sites (tertiary alicyclic amines) is 1. The summed E-state index contributed by atoms with van der Waals surface area (Å²) in [6.07, 6.45) is 5.87. The van der Waals surface area contributed by atoms with Gasteiger partial charge in [0.05, 0.1) is 19.3 Å². The van der Waals surface area contributed by atoms with Crippen LogP contribution in [0.1, 0.15) is 28.8 Å². The number of benzene rings is 2. The van der Waals surface area contributed by atoms with Crippen molar-refractivity contribution >= 4 is 12.0 Å². The van der Waals surface area contributed by atoms with E-state index in [1.165, 1.54) is 12.1 Å². The molecule has 0 aliphatic carbocycles. The predicted octanol–water partition coefficient (Wildman–Crippen LogP) is 3.77. The third-order valence-corrected chi connectivity index (χ3v) is 5.40. The Labute approximate surface area is 189 Å². The number of ether oxygens (including phenoxy) is 3. The van der Waals surface area contributed by atoms with Crippen molar-refractivity contribution in [3.8, 4) is 11.5 Å². The summed E-state index contributed by atoms with van der Waals surface area (Å²) in [6, 6.07) is 11.7. The van der Waals surface area contributed by atoms with Crippen molar-refractivity contribution in [3.63, 3.8) is 0 Å². The Balaban J connectivity index is 1.53. The van der Waals surface area contributed by atoms with Gasteiger partial charge in [-0.1, -0.05) is 24.3 Å². The first-order valence-electron chi connectivity index (χ1n) is 10.9. The molecule has 0 aromatic heterocycles. The summed E-state index contributed by atoms with van der Waals surface area (Å²) in [5.74, 6) is 0.768. The molecule has 0 saturated carbocycles. The summed E-state index contributed by atoms with van der Waals surface area (Å²) in [4.78, 5) is 14.9. The van der Waals surface area contributed by atoms with Crippen LogP contribution in [-0.4, -0.2) is 63.9 Å². The van der Waals surface area contributed by atoms with Crippen molar-refractivity contribution in [2.24, 2.45) is 0 Å². The molecule has 1 fully saturated rings. The lowest BCUT2D eigenvalue weighted by Crippen LogP contribution is -2.38. The molecule has 1 amide bonds. The van der Waals surface area contributed by atoms with Crippen molar-refractivity contribution in [2.45, 2.75) is 18.9 Å². The summed E-state index contributed by atoms with van der Waals surface area (Å²) < 4.78 is 29.5. The number of methoxy groups -OCH3 is 2. The minimum absolute atomic E-state index is 0.0324. The molecular formula is C25H31FN2O4. The maximum absolute atomic E-state index is 13.0. The highest BCUT2D eigenvalue weighted by Crippen LogP contribution is 2.28. The molecule has 1 saturated heterocycles. The van der Waals surface area contributed by atoms with Gasteiger partial charge in [0, 0.05) is 39.4 Å². The summed E-state index contributed by atoms with van der Waals surface area (Å²) in [5, 5.41) is 2.84. The molecule has 3 rings (SSSR count). The van der Waals surface area contributed by atoms with Crippen LogP contribution >= 0.6 is 0 Å². The van der Waals surface area contributed by atoms with Gasteiger partial charge in [0.1, 0.15) is 23.4 Å². The van der Waals surface area contributed by atoms with E-state index in [1.54, 1.807) is 44.6 Å². The van der Waals surface area contributed by atoms with Crippen molar-refractivity contribution in [3.05, 3.63) is 65.5 Å². The van der Waals surface area contributed by atoms with E-state index >= 15 is 0 Å². The molecule has 32 heavy (non-hydrogen) atoms. The molecule has 0 unspecified atom stereocenters. The fraction of sp³-hybridized carbons (Fsp3) is 0.400. The van der Waals surface area contributed by atoms with Gasteiger partial charge < -0.3 is 19.5 Å². The number of carbonyl (C=O) groups is 1. The molecule has 1 aliphatic heterocycles. The Hall–Kier alpha value is -2.90. The quantitative estimate of drug-likeness (QED) is 0.568. The molecule has 0 radical (unpaired) electrons. The number of nitrogens with zero attached hydrogens (tertiary/aromatic N) is 1. The topological polar surface area (TPSA) is 60.0 Å². The number of amides is 1. The van der Waals surface area contributed by atoms with Crippen LogP contribution in [0.5, 0.6) is 11.5 Å². The highest BCUT2D eigenvalue weighted by atomic mass is 19.1. The van der Waals surface area contributed by atoms with Crippen LogP contribution in [0.2, 0.25) is 0 Å². The molecular weight excluding hydrogens is 411 g/mol. The number of nitrogens with one attached hydrogen (secondary N) is 1. The van der Waals surface area contributed by atoms with E-state index in [4.69, 9.17) is 14.2 Å². The van der Waals surface area contributed by atoms with Crippen LogP contribution in [0, 0.1) is 5.82 Å². The van der Waals surface area contributed by atoms with Gasteiger partial charge in [0.25, 0.3) is 5.91 Å². The van der Waals surface area contributed by atoms with E-state index < -0.39 is 0 Å². The first kappa shape index (κ1) is 23.8. The predicted molar refractivity (Wildman–Crippen MR) is 123 cm³/mol. The molecule has 2 aromatic rings. The van der Waals surface area contributed by atoms with E-state index in [9.17, 15) is 9.18 Å². The van der Waals surface area contributed by atoms with Gasteiger partial charge in [-0.3, -0.25) is 9.69 Å². The average molecular weight is 443 g/mol. The molecule has 1 aliphatic rings. The van der Waals surface area contributed by atoms with Crippen LogP contribution < -0.4 is 14.8 Å². The lowest BCUT2D eigenvalue weighted by molar-refractivity contribution is 0.0905. The Kier molecular flexibility index (Phi) is 9.07. The molecule has 1 heterocycles. The second-order valence-corrected chi connectivity index (χ2v) is 7.68. The normalized spacial score (nSPS) is 15.1. The summed E-state index contributed by atoms with van der Waals surface area (Å²) in [6.45, 7) is 3.52. The number of carbonyl (C=O) groups excluding carboxylic acids is 1. The molecule has 0 atom stereocenters. The average Bonchev–Trinajstić information content (AvgIpc) is 2.81. The van der Waals surface area contributed by atoms with Crippen molar-refractivity contribution in [2.75, 3.05) is 47.0 Å². The third-order valence-electron chi connectivity index (χ3n) is 5.40. The number of rotatable bonds is 10. The highest BCUT2D eigenvalue weighted by molar-refractivity contribution is 5.97. The summed E-state index contributed by atoms with van der Waals surface area (Å²) >= 11 is 0. The second kappa shape index (κ2) is 12.2. The molecule has 7 heteroatoms. The van der Waals surface area contributed by atoms with Crippen molar-refractivity contribution in [1.82, 2.24) is 10.2 Å². The van der Waals surface area contributed by atoms with Gasteiger partial charge in [-0.15, -0.1) is 0 Å². The molecule has 6 nitrogen and oxygen atoms in total. The van der Waals surface area contributed by atoms with Gasteiger partial charge in [-0.25, -0.2) is 4.39 Å². The zero-order chi connectivity index (χ0) is 22.8. The van der Waals surface area contributed by atoms with E-state index in [0.717, 1.165) is 38.0 Å². The lowest BCUT2D eigenvalue weighted by Gasteiger charge is -2.31. The minimum Gasteiger partial charge on any atom is -0.497 e. The molecule has 172 valence electrons. The highest BCUT2D eigenvalue weighted by Gasteiger charge is 2.22. The molecule has 1 N–H and O–H groups in total. The zero-order valence-electron chi connectivity index (χ0n) is 18.7. The Morgan fingerprint density at radius 2 is 1.91 bits per heavy atom. The lowest BCUT2D eigenvalue weighted by atomic mass is 10.1. The monoisotopic (exact) mass is 442 g/mol. The maximum atomic E-state index is 13.0. The Morgan fingerprint density at radius 3 is 2.59 bits per heavy atom. The van der Waals surface area contributed by atoms with Crippen LogP contribution in [0.25, 0.3) is 6.08 Å². The summed E-state index contributed by atoms with van der Waals surface area (Å²) in [7, 11) is 3.19. The second-order valence-electron chi connectivity index (χ2n) is 7.68. The molecule has 0 bridgehead atoms. The van der Waals surface area contributed by atoms with Gasteiger partial charge in [-0.2, -0.15) is 0 Å². The third kappa shape index (κ3) is 7.07.